The van der Waals surface area contributed by atoms with Crippen molar-refractivity contribution in [2.24, 2.45) is 0 Å². The molecule has 1 aliphatic carbocycles. The molecule has 1 fully saturated rings. The second-order valence-corrected chi connectivity index (χ2v) is 6.14. The zero-order valence-electron chi connectivity index (χ0n) is 12.5. The van der Waals surface area contributed by atoms with Gasteiger partial charge in [0.1, 0.15) is 12.4 Å². The average Bonchev–Trinajstić information content (AvgIpc) is 2.66. The van der Waals surface area contributed by atoms with Gasteiger partial charge in [0.05, 0.1) is 5.69 Å². The maximum atomic E-state index is 12.5. The fraction of sp³-hybridized carbons (Fsp3) is 0.750. The number of carbonyl (C=O) groups is 1. The average molecular weight is 275 g/mol. The van der Waals surface area contributed by atoms with E-state index in [0.717, 1.165) is 44.6 Å². The highest BCUT2D eigenvalue weighted by atomic mass is 16.2. The summed E-state index contributed by atoms with van der Waals surface area (Å²) in [6, 6.07) is 0. The Morgan fingerprint density at radius 2 is 1.75 bits per heavy atom. The van der Waals surface area contributed by atoms with Gasteiger partial charge in [-0.15, -0.1) is 0 Å². The molecular formula is C16H25N3O. The van der Waals surface area contributed by atoms with Crippen molar-refractivity contribution in [1.29, 1.82) is 0 Å². The highest BCUT2D eigenvalue weighted by molar-refractivity contribution is 5.76. The first-order valence-corrected chi connectivity index (χ1v) is 8.08. The van der Waals surface area contributed by atoms with Crippen LogP contribution >= 0.6 is 0 Å². The third-order valence-corrected chi connectivity index (χ3v) is 4.68. The normalized spacial score (nSPS) is 19.6. The second-order valence-electron chi connectivity index (χ2n) is 6.14. The molecular weight excluding hydrogens is 250 g/mol. The fourth-order valence-corrected chi connectivity index (χ4v) is 3.50. The first kappa shape index (κ1) is 13.7. The highest BCUT2D eigenvalue weighted by Gasteiger charge is 2.22. The molecule has 110 valence electrons. The highest BCUT2D eigenvalue weighted by Crippen LogP contribution is 2.22. The van der Waals surface area contributed by atoms with E-state index < -0.39 is 0 Å². The molecule has 0 N–H and O–H groups in total. The Balaban J connectivity index is 1.73. The number of fused-ring (bicyclic) bond motifs is 1. The van der Waals surface area contributed by atoms with Crippen LogP contribution in [0.4, 0.5) is 0 Å². The van der Waals surface area contributed by atoms with Crippen LogP contribution in [0, 0.1) is 6.92 Å². The van der Waals surface area contributed by atoms with Crippen molar-refractivity contribution in [2.75, 3.05) is 13.1 Å². The summed E-state index contributed by atoms with van der Waals surface area (Å²) in [7, 11) is 0. The lowest BCUT2D eigenvalue weighted by Gasteiger charge is -2.22. The number of amides is 1. The molecule has 0 spiro atoms. The zero-order valence-corrected chi connectivity index (χ0v) is 12.5. The van der Waals surface area contributed by atoms with Crippen molar-refractivity contribution in [1.82, 2.24) is 14.5 Å². The van der Waals surface area contributed by atoms with Crippen molar-refractivity contribution in [2.45, 2.75) is 64.8 Å². The smallest absolute Gasteiger partial charge is 0.242 e. The molecule has 4 nitrogen and oxygen atoms in total. The minimum Gasteiger partial charge on any atom is -0.341 e. The van der Waals surface area contributed by atoms with Gasteiger partial charge in [-0.25, -0.2) is 4.98 Å². The lowest BCUT2D eigenvalue weighted by atomic mass is 10.0. The van der Waals surface area contributed by atoms with Crippen molar-refractivity contribution < 1.29 is 4.79 Å². The van der Waals surface area contributed by atoms with Gasteiger partial charge in [-0.1, -0.05) is 12.8 Å². The topological polar surface area (TPSA) is 38.1 Å². The SMILES string of the molecule is Cc1nc2c(n1CC(=O)N1CCCCCC1)CCCC2. The second kappa shape index (κ2) is 5.98. The van der Waals surface area contributed by atoms with Crippen LogP contribution in [0.15, 0.2) is 0 Å². The number of hydrogen-bond acceptors (Lipinski definition) is 2. The molecule has 0 atom stereocenters. The van der Waals surface area contributed by atoms with Crippen LogP contribution in [0.2, 0.25) is 0 Å². The zero-order chi connectivity index (χ0) is 13.9. The molecule has 4 heteroatoms. The predicted octanol–water partition coefficient (Wildman–Crippen LogP) is 2.47. The third-order valence-electron chi connectivity index (χ3n) is 4.68. The molecule has 1 amide bonds. The van der Waals surface area contributed by atoms with E-state index in [-0.39, 0.29) is 5.91 Å². The Kier molecular flexibility index (Phi) is 4.08. The largest absolute Gasteiger partial charge is 0.341 e. The Hall–Kier alpha value is -1.32. The lowest BCUT2D eigenvalue weighted by molar-refractivity contribution is -0.131. The quantitative estimate of drug-likeness (QED) is 0.831. The van der Waals surface area contributed by atoms with E-state index in [1.54, 1.807) is 0 Å². The van der Waals surface area contributed by atoms with Crippen LogP contribution in [-0.2, 0) is 24.2 Å². The Bertz CT molecular complexity index is 484. The summed E-state index contributed by atoms with van der Waals surface area (Å²) >= 11 is 0. The summed E-state index contributed by atoms with van der Waals surface area (Å²) < 4.78 is 2.17. The number of likely N-dealkylation sites (tertiary alicyclic amines) is 1. The molecule has 0 unspecified atom stereocenters. The van der Waals surface area contributed by atoms with Gasteiger partial charge in [-0.3, -0.25) is 4.79 Å². The van der Waals surface area contributed by atoms with Crippen LogP contribution < -0.4 is 0 Å². The van der Waals surface area contributed by atoms with Crippen molar-refractivity contribution in [3.05, 3.63) is 17.2 Å². The Morgan fingerprint density at radius 1 is 1.05 bits per heavy atom. The van der Waals surface area contributed by atoms with Gasteiger partial charge in [0.15, 0.2) is 0 Å². The first-order chi connectivity index (χ1) is 9.75. The van der Waals surface area contributed by atoms with Crippen LogP contribution in [-0.4, -0.2) is 33.4 Å². The molecule has 1 saturated heterocycles. The predicted molar refractivity (Wildman–Crippen MR) is 78.7 cm³/mol. The van der Waals surface area contributed by atoms with Gasteiger partial charge in [-0.2, -0.15) is 0 Å². The van der Waals surface area contributed by atoms with Gasteiger partial charge >= 0.3 is 0 Å². The van der Waals surface area contributed by atoms with Gasteiger partial charge in [0, 0.05) is 18.8 Å². The standard InChI is InChI=1S/C16H25N3O/c1-13-17-14-8-4-5-9-15(14)19(13)12-16(20)18-10-6-2-3-7-11-18/h2-12H2,1H3. The summed E-state index contributed by atoms with van der Waals surface area (Å²) in [5, 5.41) is 0. The first-order valence-electron chi connectivity index (χ1n) is 8.08. The number of rotatable bonds is 2. The summed E-state index contributed by atoms with van der Waals surface area (Å²) in [5.41, 5.74) is 2.55. The van der Waals surface area contributed by atoms with Crippen molar-refractivity contribution in [3.63, 3.8) is 0 Å². The summed E-state index contributed by atoms with van der Waals surface area (Å²) in [4.78, 5) is 19.3. The van der Waals surface area contributed by atoms with Crippen LogP contribution in [0.3, 0.4) is 0 Å². The van der Waals surface area contributed by atoms with E-state index in [2.05, 4.69) is 14.5 Å². The van der Waals surface area contributed by atoms with Gasteiger partial charge < -0.3 is 9.47 Å². The molecule has 1 aromatic rings. The molecule has 1 aromatic heterocycles. The van der Waals surface area contributed by atoms with Crippen LogP contribution in [0.5, 0.6) is 0 Å². The van der Waals surface area contributed by atoms with E-state index in [4.69, 9.17) is 0 Å². The maximum absolute atomic E-state index is 12.5. The molecule has 20 heavy (non-hydrogen) atoms. The van der Waals surface area contributed by atoms with Crippen LogP contribution in [0.25, 0.3) is 0 Å². The fourth-order valence-electron chi connectivity index (χ4n) is 3.50. The lowest BCUT2D eigenvalue weighted by Crippen LogP contribution is -2.35. The monoisotopic (exact) mass is 275 g/mol. The molecule has 0 aromatic carbocycles. The van der Waals surface area contributed by atoms with Crippen molar-refractivity contribution in [3.8, 4) is 0 Å². The van der Waals surface area contributed by atoms with E-state index in [0.29, 0.717) is 6.54 Å². The van der Waals surface area contributed by atoms with E-state index in [9.17, 15) is 4.79 Å². The van der Waals surface area contributed by atoms with Gasteiger partial charge in [-0.05, 0) is 45.4 Å². The van der Waals surface area contributed by atoms with Crippen molar-refractivity contribution >= 4 is 5.91 Å². The molecule has 0 bridgehead atoms. The molecule has 2 heterocycles. The molecule has 0 saturated carbocycles. The number of carbonyl (C=O) groups excluding carboxylic acids is 1. The molecule has 3 rings (SSSR count). The Labute approximate surface area is 121 Å². The molecule has 0 radical (unpaired) electrons. The van der Waals surface area contributed by atoms with Crippen LogP contribution in [0.1, 0.15) is 55.7 Å². The Morgan fingerprint density at radius 3 is 2.50 bits per heavy atom. The van der Waals surface area contributed by atoms with E-state index in [1.807, 2.05) is 6.92 Å². The number of aromatic nitrogens is 2. The summed E-state index contributed by atoms with van der Waals surface area (Å²) in [6.07, 6.45) is 9.50. The van der Waals surface area contributed by atoms with Gasteiger partial charge in [0.2, 0.25) is 5.91 Å². The van der Waals surface area contributed by atoms with E-state index >= 15 is 0 Å². The molecule has 1 aliphatic heterocycles. The number of imidazole rings is 1. The van der Waals surface area contributed by atoms with Gasteiger partial charge in [0.25, 0.3) is 0 Å². The third kappa shape index (κ3) is 2.74. The number of aryl methyl sites for hydroxylation is 2. The number of nitrogens with zero attached hydrogens (tertiary/aromatic N) is 3. The minimum atomic E-state index is 0.278. The minimum absolute atomic E-state index is 0.278. The maximum Gasteiger partial charge on any atom is 0.242 e. The number of hydrogen-bond donors (Lipinski definition) is 0. The molecule has 2 aliphatic rings. The van der Waals surface area contributed by atoms with E-state index in [1.165, 1.54) is 37.1 Å². The summed E-state index contributed by atoms with van der Waals surface area (Å²) in [5.74, 6) is 1.29. The summed E-state index contributed by atoms with van der Waals surface area (Å²) in [6.45, 7) is 4.41.